The van der Waals surface area contributed by atoms with Gasteiger partial charge in [-0.15, -0.1) is 0 Å². The summed E-state index contributed by atoms with van der Waals surface area (Å²) in [7, 11) is 1.97. The molecular formula is C11H17NO. The van der Waals surface area contributed by atoms with E-state index in [0.29, 0.717) is 11.8 Å². The molecule has 0 heterocycles. The largest absolute Gasteiger partial charge is 0.508 e. The van der Waals surface area contributed by atoms with Crippen LogP contribution >= 0.6 is 0 Å². The Balaban J connectivity index is 2.41. The lowest BCUT2D eigenvalue weighted by molar-refractivity contribution is 0.475. The molecule has 0 aliphatic rings. The number of phenolic OH excluding ortho intramolecular Hbond substituents is 1. The van der Waals surface area contributed by atoms with E-state index in [0.717, 1.165) is 12.8 Å². The molecule has 1 aromatic rings. The van der Waals surface area contributed by atoms with Crippen molar-refractivity contribution in [1.82, 2.24) is 5.32 Å². The van der Waals surface area contributed by atoms with Crippen LogP contribution in [0.3, 0.4) is 0 Å². The molecule has 1 rings (SSSR count). The molecule has 0 fully saturated rings. The van der Waals surface area contributed by atoms with Crippen molar-refractivity contribution in [3.8, 4) is 5.75 Å². The van der Waals surface area contributed by atoms with Crippen LogP contribution in [0.1, 0.15) is 18.9 Å². The molecule has 13 heavy (non-hydrogen) atoms. The summed E-state index contributed by atoms with van der Waals surface area (Å²) in [5.41, 5.74) is 1.28. The first kappa shape index (κ1) is 10.1. The Morgan fingerprint density at radius 2 is 1.92 bits per heavy atom. The van der Waals surface area contributed by atoms with Crippen LogP contribution in [0.4, 0.5) is 0 Å². The topological polar surface area (TPSA) is 32.3 Å². The van der Waals surface area contributed by atoms with Crippen molar-refractivity contribution in [2.24, 2.45) is 0 Å². The number of nitrogens with one attached hydrogen (secondary N) is 1. The van der Waals surface area contributed by atoms with Crippen LogP contribution in [0, 0.1) is 0 Å². The van der Waals surface area contributed by atoms with Gasteiger partial charge in [-0.1, -0.05) is 12.1 Å². The average Bonchev–Trinajstić information content (AvgIpc) is 2.16. The zero-order chi connectivity index (χ0) is 9.68. The van der Waals surface area contributed by atoms with E-state index in [-0.39, 0.29) is 0 Å². The third kappa shape index (κ3) is 3.47. The molecule has 2 nitrogen and oxygen atoms in total. The molecule has 0 amide bonds. The molecule has 0 aliphatic heterocycles. The molecule has 1 aromatic carbocycles. The Morgan fingerprint density at radius 3 is 2.46 bits per heavy atom. The van der Waals surface area contributed by atoms with Crippen LogP contribution in [0.25, 0.3) is 0 Å². The fourth-order valence-corrected chi connectivity index (χ4v) is 1.19. The summed E-state index contributed by atoms with van der Waals surface area (Å²) in [6, 6.07) is 7.96. The maximum absolute atomic E-state index is 9.07. The average molecular weight is 179 g/mol. The maximum atomic E-state index is 9.07. The molecule has 1 atom stereocenters. The van der Waals surface area contributed by atoms with Gasteiger partial charge in [0.1, 0.15) is 5.75 Å². The summed E-state index contributed by atoms with van der Waals surface area (Å²) in [6.45, 7) is 2.17. The lowest BCUT2D eigenvalue weighted by Crippen LogP contribution is -2.21. The summed E-state index contributed by atoms with van der Waals surface area (Å²) >= 11 is 0. The van der Waals surface area contributed by atoms with E-state index in [1.54, 1.807) is 12.1 Å². The van der Waals surface area contributed by atoms with Crippen LogP contribution in [0.5, 0.6) is 5.75 Å². The Bertz CT molecular complexity index is 243. The Hall–Kier alpha value is -1.02. The minimum atomic E-state index is 0.338. The minimum absolute atomic E-state index is 0.338. The van der Waals surface area contributed by atoms with Gasteiger partial charge in [0.15, 0.2) is 0 Å². The van der Waals surface area contributed by atoms with Gasteiger partial charge in [-0.25, -0.2) is 0 Å². The van der Waals surface area contributed by atoms with Gasteiger partial charge in [-0.2, -0.15) is 0 Å². The monoisotopic (exact) mass is 179 g/mol. The molecular weight excluding hydrogens is 162 g/mol. The van der Waals surface area contributed by atoms with Gasteiger partial charge in [-0.05, 0) is 44.5 Å². The predicted octanol–water partition coefficient (Wildman–Crippen LogP) is 1.93. The summed E-state index contributed by atoms with van der Waals surface area (Å²) in [6.07, 6.45) is 2.18. The van der Waals surface area contributed by atoms with Crippen LogP contribution in [0.2, 0.25) is 0 Å². The molecule has 2 heteroatoms. The Labute approximate surface area is 79.6 Å². The van der Waals surface area contributed by atoms with E-state index in [2.05, 4.69) is 12.2 Å². The predicted molar refractivity (Wildman–Crippen MR) is 54.9 cm³/mol. The van der Waals surface area contributed by atoms with Crippen LogP contribution in [0.15, 0.2) is 24.3 Å². The van der Waals surface area contributed by atoms with Gasteiger partial charge < -0.3 is 10.4 Å². The third-order valence-electron chi connectivity index (χ3n) is 2.30. The van der Waals surface area contributed by atoms with Gasteiger partial charge in [0.05, 0.1) is 0 Å². The fraction of sp³-hybridized carbons (Fsp3) is 0.455. The lowest BCUT2D eigenvalue weighted by Gasteiger charge is -2.09. The van der Waals surface area contributed by atoms with Crippen molar-refractivity contribution in [3.63, 3.8) is 0 Å². The van der Waals surface area contributed by atoms with E-state index in [1.165, 1.54) is 5.56 Å². The number of aryl methyl sites for hydroxylation is 1. The fourth-order valence-electron chi connectivity index (χ4n) is 1.19. The highest BCUT2D eigenvalue weighted by Crippen LogP contribution is 2.11. The first-order valence-electron chi connectivity index (χ1n) is 4.67. The molecule has 0 unspecified atom stereocenters. The van der Waals surface area contributed by atoms with E-state index in [9.17, 15) is 0 Å². The first-order chi connectivity index (χ1) is 6.22. The van der Waals surface area contributed by atoms with Gasteiger partial charge in [0, 0.05) is 6.04 Å². The molecule has 0 spiro atoms. The Morgan fingerprint density at radius 1 is 1.31 bits per heavy atom. The number of phenols is 1. The summed E-state index contributed by atoms with van der Waals surface area (Å²) in [4.78, 5) is 0. The molecule has 0 saturated heterocycles. The van der Waals surface area contributed by atoms with E-state index in [4.69, 9.17) is 5.11 Å². The minimum Gasteiger partial charge on any atom is -0.508 e. The summed E-state index contributed by atoms with van der Waals surface area (Å²) in [5.74, 6) is 0.338. The highest BCUT2D eigenvalue weighted by Gasteiger charge is 1.98. The van der Waals surface area contributed by atoms with Crippen LogP contribution < -0.4 is 5.32 Å². The van der Waals surface area contributed by atoms with Crippen LogP contribution in [-0.4, -0.2) is 18.2 Å². The zero-order valence-electron chi connectivity index (χ0n) is 8.25. The van der Waals surface area contributed by atoms with Gasteiger partial charge in [-0.3, -0.25) is 0 Å². The van der Waals surface area contributed by atoms with Crippen molar-refractivity contribution in [3.05, 3.63) is 29.8 Å². The number of benzene rings is 1. The van der Waals surface area contributed by atoms with Crippen molar-refractivity contribution in [1.29, 1.82) is 0 Å². The number of hydrogen-bond acceptors (Lipinski definition) is 2. The van der Waals surface area contributed by atoms with Crippen molar-refractivity contribution in [2.45, 2.75) is 25.8 Å². The van der Waals surface area contributed by atoms with Crippen molar-refractivity contribution in [2.75, 3.05) is 7.05 Å². The Kier molecular flexibility index (Phi) is 3.77. The summed E-state index contributed by atoms with van der Waals surface area (Å²) in [5, 5.41) is 12.3. The smallest absolute Gasteiger partial charge is 0.115 e. The van der Waals surface area contributed by atoms with E-state index >= 15 is 0 Å². The van der Waals surface area contributed by atoms with E-state index < -0.39 is 0 Å². The third-order valence-corrected chi connectivity index (χ3v) is 2.30. The number of hydrogen-bond donors (Lipinski definition) is 2. The number of rotatable bonds is 4. The summed E-state index contributed by atoms with van der Waals surface area (Å²) < 4.78 is 0. The maximum Gasteiger partial charge on any atom is 0.115 e. The molecule has 2 N–H and O–H groups in total. The first-order valence-corrected chi connectivity index (χ1v) is 4.67. The lowest BCUT2D eigenvalue weighted by atomic mass is 10.1. The molecule has 0 aromatic heterocycles. The SMILES string of the molecule is CN[C@@H](C)CCc1ccc(O)cc1. The van der Waals surface area contributed by atoms with Crippen molar-refractivity contribution >= 4 is 0 Å². The highest BCUT2D eigenvalue weighted by molar-refractivity contribution is 5.25. The number of aromatic hydroxyl groups is 1. The second-order valence-electron chi connectivity index (χ2n) is 3.39. The van der Waals surface area contributed by atoms with E-state index in [1.807, 2.05) is 19.2 Å². The van der Waals surface area contributed by atoms with Crippen molar-refractivity contribution < 1.29 is 5.11 Å². The standard InChI is InChI=1S/C11H17NO/c1-9(12-2)3-4-10-5-7-11(13)8-6-10/h5-9,12-13H,3-4H2,1-2H3/t9-/m0/s1. The van der Waals surface area contributed by atoms with Gasteiger partial charge in [0.2, 0.25) is 0 Å². The molecule has 0 saturated carbocycles. The molecule has 0 bridgehead atoms. The second kappa shape index (κ2) is 4.87. The zero-order valence-corrected chi connectivity index (χ0v) is 8.25. The molecule has 0 aliphatic carbocycles. The highest BCUT2D eigenvalue weighted by atomic mass is 16.3. The quantitative estimate of drug-likeness (QED) is 0.740. The van der Waals surface area contributed by atoms with Gasteiger partial charge >= 0.3 is 0 Å². The normalized spacial score (nSPS) is 12.8. The molecule has 72 valence electrons. The molecule has 0 radical (unpaired) electrons. The second-order valence-corrected chi connectivity index (χ2v) is 3.39. The van der Waals surface area contributed by atoms with Gasteiger partial charge in [0.25, 0.3) is 0 Å². The van der Waals surface area contributed by atoms with Crippen LogP contribution in [-0.2, 0) is 6.42 Å².